The third-order valence-corrected chi connectivity index (χ3v) is 4.65. The Kier molecular flexibility index (Phi) is 6.26. The van der Waals surface area contributed by atoms with Crippen LogP contribution >= 0.6 is 15.9 Å². The minimum atomic E-state index is -2.80. The third-order valence-electron chi connectivity index (χ3n) is 3.77. The van der Waals surface area contributed by atoms with Crippen LogP contribution in [0.3, 0.4) is 0 Å². The van der Waals surface area contributed by atoms with Crippen LogP contribution in [0.4, 0.5) is 0 Å². The number of hydrogen-bond acceptors (Lipinski definition) is 9. The molecule has 0 spiro atoms. The monoisotopic (exact) mass is 410 g/mol. The van der Waals surface area contributed by atoms with Crippen molar-refractivity contribution in [1.29, 1.82) is 0 Å². The van der Waals surface area contributed by atoms with Gasteiger partial charge in [-0.25, -0.2) is 0 Å². The van der Waals surface area contributed by atoms with Crippen LogP contribution < -0.4 is 0 Å². The lowest BCUT2D eigenvalue weighted by molar-refractivity contribution is -0.281. The number of carbonyl (C=O) groups excluding carboxylic acids is 4. The van der Waals surface area contributed by atoms with Crippen molar-refractivity contribution in [2.75, 3.05) is 6.61 Å². The highest BCUT2D eigenvalue weighted by Gasteiger charge is 2.71. The van der Waals surface area contributed by atoms with E-state index >= 15 is 0 Å². The van der Waals surface area contributed by atoms with Crippen LogP contribution in [0.2, 0.25) is 0 Å². The van der Waals surface area contributed by atoms with Gasteiger partial charge in [-0.2, -0.15) is 0 Å². The average molecular weight is 411 g/mol. The minimum Gasteiger partial charge on any atom is -0.463 e. The second-order valence-electron chi connectivity index (χ2n) is 5.47. The van der Waals surface area contributed by atoms with Crippen molar-refractivity contribution in [3.63, 3.8) is 0 Å². The molecule has 0 bridgehead atoms. The highest BCUT2D eigenvalue weighted by molar-refractivity contribution is 9.09. The van der Waals surface area contributed by atoms with Crippen molar-refractivity contribution in [2.24, 2.45) is 0 Å². The molecule has 24 heavy (non-hydrogen) atoms. The summed E-state index contributed by atoms with van der Waals surface area (Å²) < 4.78 is 15.1. The van der Waals surface area contributed by atoms with E-state index in [2.05, 4.69) is 15.9 Å². The highest BCUT2D eigenvalue weighted by atomic mass is 79.9. The van der Waals surface area contributed by atoms with Crippen LogP contribution in [0.15, 0.2) is 0 Å². The van der Waals surface area contributed by atoms with E-state index < -0.39 is 58.5 Å². The summed E-state index contributed by atoms with van der Waals surface area (Å²) in [6.45, 7) is 3.54. The number of halogens is 1. The molecule has 1 aliphatic rings. The Morgan fingerprint density at radius 1 is 1.00 bits per heavy atom. The Morgan fingerprint density at radius 2 is 1.50 bits per heavy atom. The van der Waals surface area contributed by atoms with Gasteiger partial charge in [-0.15, -0.1) is 0 Å². The molecule has 0 aromatic rings. The molecule has 1 fully saturated rings. The molecule has 1 heterocycles. The maximum atomic E-state index is 12.1. The lowest BCUT2D eigenvalue weighted by Crippen LogP contribution is -2.78. The molecule has 9 nitrogen and oxygen atoms in total. The molecule has 136 valence electrons. The molecule has 5 atom stereocenters. The molecule has 0 unspecified atom stereocenters. The number of carbonyl (C=O) groups is 4. The van der Waals surface area contributed by atoms with Crippen LogP contribution in [0.1, 0.15) is 27.7 Å². The number of ether oxygens (including phenoxy) is 3. The van der Waals surface area contributed by atoms with E-state index in [0.717, 1.165) is 27.7 Å². The molecule has 0 radical (unpaired) electrons. The predicted molar refractivity (Wildman–Crippen MR) is 81.0 cm³/mol. The summed E-state index contributed by atoms with van der Waals surface area (Å²) in [5.41, 5.74) is -5.52. The quantitative estimate of drug-likeness (QED) is 0.442. The van der Waals surface area contributed by atoms with Gasteiger partial charge in [0.25, 0.3) is 0 Å². The molecular weight excluding hydrogens is 392 g/mol. The van der Waals surface area contributed by atoms with Crippen molar-refractivity contribution in [1.82, 2.24) is 0 Å². The van der Waals surface area contributed by atoms with Gasteiger partial charge < -0.3 is 24.4 Å². The fraction of sp³-hybridized carbons (Fsp3) is 0.714. The number of alkyl halides is 1. The zero-order valence-electron chi connectivity index (χ0n) is 13.6. The summed E-state index contributed by atoms with van der Waals surface area (Å²) in [7, 11) is 0. The molecule has 2 N–H and O–H groups in total. The standard InChI is InChI=1S/C14H19BrO9/c1-6(16)13(20)11(23-9(4)19)10(5-22-8(3)18)24-12(15)14(13,21)7(2)17/h10-12,20-21H,5H2,1-4H3/t10-,11-,12+,13+,14+/m1/s1. The number of hydrogen-bond donors (Lipinski definition) is 2. The van der Waals surface area contributed by atoms with E-state index in [4.69, 9.17) is 14.2 Å². The molecule has 0 aliphatic carbocycles. The van der Waals surface area contributed by atoms with Crippen LogP contribution in [0, 0.1) is 0 Å². The number of aliphatic hydroxyl groups is 2. The highest BCUT2D eigenvalue weighted by Crippen LogP contribution is 2.43. The first-order chi connectivity index (χ1) is 10.9. The van der Waals surface area contributed by atoms with E-state index in [1.165, 1.54) is 0 Å². The van der Waals surface area contributed by atoms with Gasteiger partial charge in [0.1, 0.15) is 12.7 Å². The summed E-state index contributed by atoms with van der Waals surface area (Å²) in [4.78, 5) is 46.5. The fourth-order valence-electron chi connectivity index (χ4n) is 2.55. The number of Topliss-reactive ketones (excluding diaryl/α,β-unsaturated/α-hetero) is 2. The third kappa shape index (κ3) is 3.37. The lowest BCUT2D eigenvalue weighted by atomic mass is 9.70. The molecule has 10 heteroatoms. The Balaban J connectivity index is 3.45. The first-order valence-corrected chi connectivity index (χ1v) is 7.87. The Bertz CT molecular complexity index is 562. The normalized spacial score (nSPS) is 35.9. The maximum absolute atomic E-state index is 12.1. The largest absolute Gasteiger partial charge is 0.463 e. The van der Waals surface area contributed by atoms with Gasteiger partial charge in [-0.1, -0.05) is 15.9 Å². The zero-order valence-corrected chi connectivity index (χ0v) is 15.2. The smallest absolute Gasteiger partial charge is 0.303 e. The Labute approximate surface area is 146 Å². The maximum Gasteiger partial charge on any atom is 0.303 e. The SMILES string of the molecule is CC(=O)OC[C@H]1O[C@H](Br)[C@@](O)(C(C)=O)[C@](O)(C(C)=O)[C@@H]1OC(C)=O. The van der Waals surface area contributed by atoms with Crippen molar-refractivity contribution in [3.05, 3.63) is 0 Å². The molecule has 1 aliphatic heterocycles. The van der Waals surface area contributed by atoms with Gasteiger partial charge >= 0.3 is 11.9 Å². The zero-order chi connectivity index (χ0) is 18.9. The first kappa shape index (κ1) is 20.7. The minimum absolute atomic E-state index is 0.473. The van der Waals surface area contributed by atoms with Crippen LogP contribution in [0.25, 0.3) is 0 Å². The van der Waals surface area contributed by atoms with Crippen LogP contribution in [0.5, 0.6) is 0 Å². The lowest BCUT2D eigenvalue weighted by Gasteiger charge is -2.52. The average Bonchev–Trinajstić information content (AvgIpc) is 2.45. The number of esters is 2. The molecule has 0 saturated carbocycles. The Morgan fingerprint density at radius 3 is 1.88 bits per heavy atom. The molecule has 1 rings (SSSR count). The molecule has 0 aromatic heterocycles. The second kappa shape index (κ2) is 7.26. The first-order valence-electron chi connectivity index (χ1n) is 6.95. The second-order valence-corrected chi connectivity index (χ2v) is 6.30. The van der Waals surface area contributed by atoms with E-state index in [9.17, 15) is 29.4 Å². The summed E-state index contributed by atoms with van der Waals surface area (Å²) in [5, 5.41) is 20.1. The van der Waals surface area contributed by atoms with E-state index in [-0.39, 0.29) is 0 Å². The number of ketones is 2. The van der Waals surface area contributed by atoms with Gasteiger partial charge in [0.2, 0.25) is 5.60 Å². The number of rotatable bonds is 5. The van der Waals surface area contributed by atoms with Crippen molar-refractivity contribution >= 4 is 39.4 Å². The van der Waals surface area contributed by atoms with Gasteiger partial charge in [-0.3, -0.25) is 19.2 Å². The summed E-state index contributed by atoms with van der Waals surface area (Å²) in [6, 6.07) is 0. The van der Waals surface area contributed by atoms with Crippen LogP contribution in [-0.4, -0.2) is 68.7 Å². The van der Waals surface area contributed by atoms with Crippen molar-refractivity contribution in [2.45, 2.75) is 56.1 Å². The summed E-state index contributed by atoms with van der Waals surface area (Å²) in [5.74, 6) is -3.57. The fourth-order valence-corrected chi connectivity index (χ4v) is 3.49. The van der Waals surface area contributed by atoms with Crippen LogP contribution in [-0.2, 0) is 33.4 Å². The molecule has 1 saturated heterocycles. The summed E-state index contributed by atoms with van der Waals surface area (Å²) >= 11 is 2.91. The molecule has 0 aromatic carbocycles. The van der Waals surface area contributed by atoms with Gasteiger partial charge in [0, 0.05) is 13.8 Å². The van der Waals surface area contributed by atoms with E-state index in [1.54, 1.807) is 0 Å². The molecular formula is C14H19BrO9. The van der Waals surface area contributed by atoms with E-state index in [1.807, 2.05) is 0 Å². The van der Waals surface area contributed by atoms with Gasteiger partial charge in [0.05, 0.1) is 0 Å². The topological polar surface area (TPSA) is 136 Å². The molecule has 0 amide bonds. The van der Waals surface area contributed by atoms with Crippen molar-refractivity contribution < 1.29 is 43.6 Å². The van der Waals surface area contributed by atoms with Crippen molar-refractivity contribution in [3.8, 4) is 0 Å². The van der Waals surface area contributed by atoms with Gasteiger partial charge in [-0.05, 0) is 13.8 Å². The van der Waals surface area contributed by atoms with Gasteiger partial charge in [0.15, 0.2) is 28.3 Å². The predicted octanol–water partition coefficient (Wildman–Crippen LogP) is -0.759. The Hall–Kier alpha value is -1.36. The summed E-state index contributed by atoms with van der Waals surface area (Å²) in [6.07, 6.45) is -3.06. The van der Waals surface area contributed by atoms with E-state index in [0.29, 0.717) is 0 Å².